The zero-order valence-corrected chi connectivity index (χ0v) is 16.2. The molecule has 2 rings (SSSR count). The van der Waals surface area contributed by atoms with Crippen molar-refractivity contribution in [3.05, 3.63) is 58.7 Å². The molecule has 0 fully saturated rings. The van der Waals surface area contributed by atoms with E-state index in [-0.39, 0.29) is 18.3 Å². The average molecular weight is 363 g/mol. The maximum atomic E-state index is 12.4. The number of methoxy groups -OCH3 is 1. The van der Waals surface area contributed by atoms with Crippen LogP contribution in [-0.4, -0.2) is 25.0 Å². The minimum Gasteiger partial charge on any atom is -0.496 e. The third-order valence-corrected chi connectivity index (χ3v) is 4.23. The number of carbonyl (C=O) groups is 1. The van der Waals surface area contributed by atoms with Gasteiger partial charge in [0.15, 0.2) is 0 Å². The number of aryl methyl sites for hydroxylation is 3. The highest BCUT2D eigenvalue weighted by Gasteiger charge is 2.12. The van der Waals surface area contributed by atoms with Gasteiger partial charge < -0.3 is 15.4 Å². The van der Waals surface area contributed by atoms with Gasteiger partial charge in [-0.15, -0.1) is 12.4 Å². The van der Waals surface area contributed by atoms with Gasteiger partial charge in [-0.1, -0.05) is 30.3 Å². The summed E-state index contributed by atoms with van der Waals surface area (Å²) in [6, 6.07) is 11.8. The van der Waals surface area contributed by atoms with Gasteiger partial charge in [0.2, 0.25) is 5.91 Å². The van der Waals surface area contributed by atoms with E-state index in [1.54, 1.807) is 12.0 Å². The van der Waals surface area contributed by atoms with Gasteiger partial charge in [-0.25, -0.2) is 0 Å². The van der Waals surface area contributed by atoms with E-state index >= 15 is 0 Å². The summed E-state index contributed by atoms with van der Waals surface area (Å²) in [5, 5.41) is 0. The number of ether oxygens (including phenoxy) is 1. The summed E-state index contributed by atoms with van der Waals surface area (Å²) in [5.74, 6) is 1.02. The lowest BCUT2D eigenvalue weighted by Crippen LogP contribution is -2.26. The summed E-state index contributed by atoms with van der Waals surface area (Å²) in [4.78, 5) is 14.1. The number of rotatable bonds is 6. The van der Waals surface area contributed by atoms with Crippen LogP contribution in [0, 0.1) is 13.8 Å². The van der Waals surface area contributed by atoms with E-state index in [9.17, 15) is 4.79 Å². The minimum absolute atomic E-state index is 0. The van der Waals surface area contributed by atoms with E-state index in [2.05, 4.69) is 12.1 Å². The highest BCUT2D eigenvalue weighted by atomic mass is 35.5. The fraction of sp³-hybridized carbons (Fsp3) is 0.350. The first-order chi connectivity index (χ1) is 11.4. The summed E-state index contributed by atoms with van der Waals surface area (Å²) < 4.78 is 5.39. The van der Waals surface area contributed by atoms with E-state index in [0.717, 1.165) is 33.7 Å². The Kier molecular flexibility index (Phi) is 7.78. The quantitative estimate of drug-likeness (QED) is 0.793. The molecule has 0 spiro atoms. The topological polar surface area (TPSA) is 55.6 Å². The third kappa shape index (κ3) is 5.40. The SMILES string of the molecule is COc1c(C)cc(CN(C)C(=O)CCc2ccccc2N)cc1C.Cl. The second-order valence-electron chi connectivity index (χ2n) is 6.21. The van der Waals surface area contributed by atoms with E-state index < -0.39 is 0 Å². The highest BCUT2D eigenvalue weighted by Crippen LogP contribution is 2.25. The monoisotopic (exact) mass is 362 g/mol. The molecule has 0 atom stereocenters. The number of anilines is 1. The molecule has 0 aromatic heterocycles. The Morgan fingerprint density at radius 1 is 1.16 bits per heavy atom. The van der Waals surface area contributed by atoms with Crippen LogP contribution in [0.15, 0.2) is 36.4 Å². The summed E-state index contributed by atoms with van der Waals surface area (Å²) in [7, 11) is 3.52. The van der Waals surface area contributed by atoms with E-state index in [0.29, 0.717) is 19.4 Å². The van der Waals surface area contributed by atoms with Crippen molar-refractivity contribution >= 4 is 24.0 Å². The van der Waals surface area contributed by atoms with Crippen molar-refractivity contribution < 1.29 is 9.53 Å². The number of amides is 1. The molecule has 0 saturated carbocycles. The first-order valence-corrected chi connectivity index (χ1v) is 8.13. The molecule has 0 aliphatic heterocycles. The molecule has 136 valence electrons. The lowest BCUT2D eigenvalue weighted by molar-refractivity contribution is -0.130. The van der Waals surface area contributed by atoms with Crippen LogP contribution in [0.1, 0.15) is 28.7 Å². The molecule has 4 nitrogen and oxygen atoms in total. The van der Waals surface area contributed by atoms with Crippen LogP contribution in [0.2, 0.25) is 0 Å². The second kappa shape index (κ2) is 9.33. The van der Waals surface area contributed by atoms with Gasteiger partial charge in [0, 0.05) is 25.7 Å². The molecule has 2 aromatic carbocycles. The number of halogens is 1. The van der Waals surface area contributed by atoms with Gasteiger partial charge in [0.05, 0.1) is 7.11 Å². The van der Waals surface area contributed by atoms with Gasteiger partial charge in [-0.05, 0) is 48.6 Å². The molecule has 2 N–H and O–H groups in total. The number of nitrogens with zero attached hydrogens (tertiary/aromatic N) is 1. The van der Waals surface area contributed by atoms with Crippen LogP contribution in [-0.2, 0) is 17.8 Å². The molecule has 25 heavy (non-hydrogen) atoms. The summed E-state index contributed by atoms with van der Waals surface area (Å²) in [6.07, 6.45) is 1.12. The number of benzene rings is 2. The van der Waals surface area contributed by atoms with Crippen molar-refractivity contribution in [2.45, 2.75) is 33.2 Å². The standard InChI is InChI=1S/C20H26N2O2.ClH/c1-14-11-16(12-15(2)20(14)24-4)13-22(3)19(23)10-9-17-7-5-6-8-18(17)21;/h5-8,11-12H,9-10,13,21H2,1-4H3;1H. The van der Waals surface area contributed by atoms with Crippen molar-refractivity contribution in [1.82, 2.24) is 4.90 Å². The predicted molar refractivity (Wildman–Crippen MR) is 105 cm³/mol. The van der Waals surface area contributed by atoms with Gasteiger partial charge in [0.1, 0.15) is 5.75 Å². The number of hydrogen-bond acceptors (Lipinski definition) is 3. The molecule has 5 heteroatoms. The first-order valence-electron chi connectivity index (χ1n) is 8.13. The molecule has 1 amide bonds. The normalized spacial score (nSPS) is 10.1. The second-order valence-corrected chi connectivity index (χ2v) is 6.21. The Morgan fingerprint density at radius 3 is 2.32 bits per heavy atom. The molecular formula is C20H27ClN2O2. The lowest BCUT2D eigenvalue weighted by Gasteiger charge is -2.19. The Morgan fingerprint density at radius 2 is 1.76 bits per heavy atom. The molecular weight excluding hydrogens is 336 g/mol. The molecule has 0 unspecified atom stereocenters. The molecule has 0 saturated heterocycles. The van der Waals surface area contributed by atoms with E-state index in [1.807, 2.05) is 45.2 Å². The van der Waals surface area contributed by atoms with Crippen LogP contribution < -0.4 is 10.5 Å². The Labute approximate surface area is 156 Å². The van der Waals surface area contributed by atoms with Crippen LogP contribution >= 0.6 is 12.4 Å². The first kappa shape index (κ1) is 20.8. The fourth-order valence-corrected chi connectivity index (χ4v) is 3.01. The summed E-state index contributed by atoms with van der Waals surface area (Å²) in [6.45, 7) is 4.64. The van der Waals surface area contributed by atoms with Crippen molar-refractivity contribution in [3.8, 4) is 5.75 Å². The van der Waals surface area contributed by atoms with Crippen LogP contribution in [0.3, 0.4) is 0 Å². The molecule has 0 bridgehead atoms. The number of hydrogen-bond donors (Lipinski definition) is 1. The van der Waals surface area contributed by atoms with Gasteiger partial charge in [-0.3, -0.25) is 4.79 Å². The Balaban J connectivity index is 0.00000312. The lowest BCUT2D eigenvalue weighted by atomic mass is 10.0. The molecule has 0 aliphatic carbocycles. The summed E-state index contributed by atoms with van der Waals surface area (Å²) in [5.41, 5.74) is 11.0. The Bertz CT molecular complexity index is 708. The van der Waals surface area contributed by atoms with Crippen molar-refractivity contribution in [2.24, 2.45) is 0 Å². The third-order valence-electron chi connectivity index (χ3n) is 4.23. The van der Waals surface area contributed by atoms with Crippen LogP contribution in [0.5, 0.6) is 5.75 Å². The number of nitrogens with two attached hydrogens (primary N) is 1. The highest BCUT2D eigenvalue weighted by molar-refractivity contribution is 5.85. The largest absolute Gasteiger partial charge is 0.496 e. The molecule has 0 aliphatic rings. The Hall–Kier alpha value is -2.20. The van der Waals surface area contributed by atoms with Crippen molar-refractivity contribution in [3.63, 3.8) is 0 Å². The number of carbonyl (C=O) groups excluding carboxylic acids is 1. The maximum absolute atomic E-state index is 12.4. The number of nitrogen functional groups attached to an aromatic ring is 1. The smallest absolute Gasteiger partial charge is 0.222 e. The van der Waals surface area contributed by atoms with Gasteiger partial charge in [0.25, 0.3) is 0 Å². The van der Waals surface area contributed by atoms with Crippen LogP contribution in [0.4, 0.5) is 5.69 Å². The maximum Gasteiger partial charge on any atom is 0.222 e. The van der Waals surface area contributed by atoms with E-state index in [1.165, 1.54) is 0 Å². The minimum atomic E-state index is 0. The van der Waals surface area contributed by atoms with Gasteiger partial charge in [-0.2, -0.15) is 0 Å². The molecule has 0 radical (unpaired) electrons. The molecule has 0 heterocycles. The number of para-hydroxylation sites is 1. The molecule has 2 aromatic rings. The zero-order chi connectivity index (χ0) is 17.7. The van der Waals surface area contributed by atoms with Crippen molar-refractivity contribution in [2.75, 3.05) is 19.9 Å². The van der Waals surface area contributed by atoms with Crippen LogP contribution in [0.25, 0.3) is 0 Å². The van der Waals surface area contributed by atoms with Crippen molar-refractivity contribution in [1.29, 1.82) is 0 Å². The van der Waals surface area contributed by atoms with Gasteiger partial charge >= 0.3 is 0 Å². The average Bonchev–Trinajstić information content (AvgIpc) is 2.53. The van der Waals surface area contributed by atoms with E-state index in [4.69, 9.17) is 10.5 Å². The predicted octanol–water partition coefficient (Wildman–Crippen LogP) is 3.91. The zero-order valence-electron chi connectivity index (χ0n) is 15.3. The fourth-order valence-electron chi connectivity index (χ4n) is 3.01. The summed E-state index contributed by atoms with van der Waals surface area (Å²) >= 11 is 0.